The largest absolute Gasteiger partial charge is 0.464 e. The normalized spacial score (nSPS) is 11.2. The molecule has 3 rings (SSSR count). The van der Waals surface area contributed by atoms with Crippen molar-refractivity contribution >= 4 is 34.5 Å². The third-order valence-corrected chi connectivity index (χ3v) is 5.04. The highest BCUT2D eigenvalue weighted by Crippen LogP contribution is 2.28. The molecule has 2 N–H and O–H groups in total. The number of aliphatic imine (C=N–C) groups is 1. The standard InChI is InChI=1S/C23H23N3O3S/c1-15-8-7-9-16(12-15)13-18-14-24-20(22(28)29-2)19(18)25-23(30-3)26-21(27)17-10-5-4-6-11-17/h4-12,14,24H,13H2,1-3H3,(H,25,26,27). The van der Waals surface area contributed by atoms with Gasteiger partial charge in [-0.1, -0.05) is 59.8 Å². The molecule has 2 aromatic carbocycles. The number of benzene rings is 2. The van der Waals surface area contributed by atoms with Crippen LogP contribution in [0.4, 0.5) is 5.69 Å². The monoisotopic (exact) mass is 421 g/mol. The Kier molecular flexibility index (Phi) is 7.08. The number of ether oxygens (including phenoxy) is 1. The van der Waals surface area contributed by atoms with Crippen LogP contribution >= 0.6 is 11.8 Å². The number of hydrogen-bond acceptors (Lipinski definition) is 5. The first-order valence-corrected chi connectivity index (χ1v) is 10.6. The van der Waals surface area contributed by atoms with Crippen LogP contribution in [0.2, 0.25) is 0 Å². The molecule has 3 aromatic rings. The van der Waals surface area contributed by atoms with Gasteiger partial charge in [-0.2, -0.15) is 0 Å². The molecule has 30 heavy (non-hydrogen) atoms. The Morgan fingerprint density at radius 2 is 1.90 bits per heavy atom. The zero-order valence-electron chi connectivity index (χ0n) is 17.1. The van der Waals surface area contributed by atoms with Crippen LogP contribution in [0.15, 0.2) is 65.8 Å². The summed E-state index contributed by atoms with van der Waals surface area (Å²) in [6.45, 7) is 2.03. The molecular formula is C23H23N3O3S. The van der Waals surface area contributed by atoms with E-state index < -0.39 is 5.97 Å². The number of amides is 1. The van der Waals surface area contributed by atoms with Crippen LogP contribution in [0.1, 0.15) is 37.5 Å². The van der Waals surface area contributed by atoms with Gasteiger partial charge in [0.05, 0.1) is 7.11 Å². The summed E-state index contributed by atoms with van der Waals surface area (Å²) in [4.78, 5) is 32.4. The van der Waals surface area contributed by atoms with Gasteiger partial charge in [0.15, 0.2) is 10.9 Å². The van der Waals surface area contributed by atoms with Gasteiger partial charge in [-0.05, 0) is 30.9 Å². The smallest absolute Gasteiger partial charge is 0.356 e. The molecule has 1 aromatic heterocycles. The highest BCUT2D eigenvalue weighted by Gasteiger charge is 2.19. The molecule has 0 spiro atoms. The average molecular weight is 422 g/mol. The number of carbonyl (C=O) groups is 2. The number of aromatic nitrogens is 1. The predicted octanol–water partition coefficient (Wildman–Crippen LogP) is 4.48. The van der Waals surface area contributed by atoms with E-state index in [-0.39, 0.29) is 11.6 Å². The van der Waals surface area contributed by atoms with Gasteiger partial charge in [-0.3, -0.25) is 4.79 Å². The van der Waals surface area contributed by atoms with Gasteiger partial charge >= 0.3 is 5.97 Å². The van der Waals surface area contributed by atoms with Crippen LogP contribution in [0, 0.1) is 6.92 Å². The van der Waals surface area contributed by atoms with E-state index in [1.165, 1.54) is 18.9 Å². The first-order valence-electron chi connectivity index (χ1n) is 9.35. The molecule has 0 fully saturated rings. The molecule has 0 radical (unpaired) electrons. The number of amidine groups is 1. The maximum atomic E-state index is 12.5. The van der Waals surface area contributed by atoms with Crippen molar-refractivity contribution in [3.05, 3.63) is 88.7 Å². The third-order valence-electron chi connectivity index (χ3n) is 4.46. The van der Waals surface area contributed by atoms with Gasteiger partial charge in [-0.25, -0.2) is 9.79 Å². The van der Waals surface area contributed by atoms with Crippen molar-refractivity contribution in [2.24, 2.45) is 4.99 Å². The maximum absolute atomic E-state index is 12.5. The van der Waals surface area contributed by atoms with E-state index in [0.29, 0.717) is 22.8 Å². The zero-order valence-corrected chi connectivity index (χ0v) is 17.9. The Hall–Kier alpha value is -3.32. The maximum Gasteiger partial charge on any atom is 0.356 e. The summed E-state index contributed by atoms with van der Waals surface area (Å²) in [6.07, 6.45) is 4.15. The summed E-state index contributed by atoms with van der Waals surface area (Å²) in [6, 6.07) is 17.0. The Morgan fingerprint density at radius 1 is 1.13 bits per heavy atom. The fourth-order valence-corrected chi connectivity index (χ4v) is 3.38. The number of methoxy groups -OCH3 is 1. The Morgan fingerprint density at radius 3 is 2.57 bits per heavy atom. The van der Waals surface area contributed by atoms with Crippen LogP contribution in [0.25, 0.3) is 0 Å². The molecule has 0 bridgehead atoms. The molecule has 0 unspecified atom stereocenters. The summed E-state index contributed by atoms with van der Waals surface area (Å²) < 4.78 is 4.89. The zero-order chi connectivity index (χ0) is 21.5. The van der Waals surface area contributed by atoms with E-state index in [0.717, 1.165) is 16.7 Å². The summed E-state index contributed by atoms with van der Waals surface area (Å²) >= 11 is 1.29. The van der Waals surface area contributed by atoms with Gasteiger partial charge in [0, 0.05) is 23.7 Å². The number of carbonyl (C=O) groups excluding carboxylic acids is 2. The van der Waals surface area contributed by atoms with Crippen molar-refractivity contribution in [3.63, 3.8) is 0 Å². The summed E-state index contributed by atoms with van der Waals surface area (Å²) in [5.41, 5.74) is 4.33. The lowest BCUT2D eigenvalue weighted by Gasteiger charge is -2.08. The number of hydrogen-bond donors (Lipinski definition) is 2. The van der Waals surface area contributed by atoms with E-state index >= 15 is 0 Å². The molecule has 0 atom stereocenters. The minimum Gasteiger partial charge on any atom is -0.464 e. The van der Waals surface area contributed by atoms with Crippen molar-refractivity contribution < 1.29 is 14.3 Å². The van der Waals surface area contributed by atoms with Crippen molar-refractivity contribution in [2.45, 2.75) is 13.3 Å². The first kappa shape index (κ1) is 21.4. The summed E-state index contributed by atoms with van der Waals surface area (Å²) in [5, 5.41) is 3.20. The quantitative estimate of drug-likeness (QED) is 0.361. The van der Waals surface area contributed by atoms with Crippen molar-refractivity contribution in [1.82, 2.24) is 10.3 Å². The number of aryl methyl sites for hydroxylation is 1. The molecule has 6 nitrogen and oxygen atoms in total. The van der Waals surface area contributed by atoms with Crippen molar-refractivity contribution in [1.29, 1.82) is 0 Å². The average Bonchev–Trinajstić information content (AvgIpc) is 3.15. The topological polar surface area (TPSA) is 83.6 Å². The van der Waals surface area contributed by atoms with Crippen LogP contribution < -0.4 is 5.32 Å². The molecule has 7 heteroatoms. The van der Waals surface area contributed by atoms with E-state index in [1.54, 1.807) is 30.5 Å². The molecule has 1 heterocycles. The Bertz CT molecular complexity index is 1070. The lowest BCUT2D eigenvalue weighted by Crippen LogP contribution is -2.28. The van der Waals surface area contributed by atoms with Crippen LogP contribution in [0.3, 0.4) is 0 Å². The molecule has 0 saturated heterocycles. The van der Waals surface area contributed by atoms with E-state index in [2.05, 4.69) is 21.4 Å². The second-order valence-electron chi connectivity index (χ2n) is 6.64. The van der Waals surface area contributed by atoms with Crippen LogP contribution in [0.5, 0.6) is 0 Å². The van der Waals surface area contributed by atoms with E-state index in [9.17, 15) is 9.59 Å². The van der Waals surface area contributed by atoms with Gasteiger partial charge in [0.1, 0.15) is 5.69 Å². The number of thioether (sulfide) groups is 1. The third kappa shape index (κ3) is 5.18. The van der Waals surface area contributed by atoms with E-state index in [4.69, 9.17) is 4.74 Å². The number of nitrogens with one attached hydrogen (secondary N) is 2. The number of rotatable bonds is 5. The lowest BCUT2D eigenvalue weighted by molar-refractivity contribution is 0.0595. The van der Waals surface area contributed by atoms with Gasteiger partial charge in [0.25, 0.3) is 5.91 Å². The summed E-state index contributed by atoms with van der Waals surface area (Å²) in [7, 11) is 1.32. The fourth-order valence-electron chi connectivity index (χ4n) is 3.00. The Labute approximate surface area is 179 Å². The number of nitrogens with zero attached hydrogens (tertiary/aromatic N) is 1. The predicted molar refractivity (Wildman–Crippen MR) is 121 cm³/mol. The molecule has 1 amide bonds. The molecule has 0 aliphatic carbocycles. The van der Waals surface area contributed by atoms with Crippen molar-refractivity contribution in [3.8, 4) is 0 Å². The van der Waals surface area contributed by atoms with Crippen molar-refractivity contribution in [2.75, 3.05) is 13.4 Å². The SMILES string of the molecule is COC(=O)c1[nH]cc(Cc2cccc(C)c2)c1N=C(NC(=O)c1ccccc1)SC. The second-order valence-corrected chi connectivity index (χ2v) is 7.43. The van der Waals surface area contributed by atoms with Gasteiger partial charge in [0.2, 0.25) is 0 Å². The molecule has 0 saturated carbocycles. The fraction of sp³-hybridized carbons (Fsp3) is 0.174. The number of esters is 1. The highest BCUT2D eigenvalue weighted by atomic mass is 32.2. The Balaban J connectivity index is 1.95. The van der Waals surface area contributed by atoms with Gasteiger partial charge < -0.3 is 15.0 Å². The van der Waals surface area contributed by atoms with Crippen LogP contribution in [-0.2, 0) is 11.2 Å². The minimum absolute atomic E-state index is 0.251. The second kappa shape index (κ2) is 9.93. The summed E-state index contributed by atoms with van der Waals surface area (Å²) in [5.74, 6) is -0.779. The minimum atomic E-state index is -0.515. The number of H-pyrrole nitrogens is 1. The molecule has 154 valence electrons. The molecular weight excluding hydrogens is 398 g/mol. The number of aromatic amines is 1. The van der Waals surface area contributed by atoms with Gasteiger partial charge in [-0.15, -0.1) is 0 Å². The molecule has 0 aliphatic heterocycles. The molecule has 0 aliphatic rings. The first-order chi connectivity index (χ1) is 14.5. The van der Waals surface area contributed by atoms with E-state index in [1.807, 2.05) is 37.4 Å². The highest BCUT2D eigenvalue weighted by molar-refractivity contribution is 8.13. The van der Waals surface area contributed by atoms with Crippen LogP contribution in [-0.4, -0.2) is 35.4 Å². The lowest BCUT2D eigenvalue weighted by atomic mass is 10.0.